The van der Waals surface area contributed by atoms with Crippen LogP contribution in [0.3, 0.4) is 0 Å². The molecule has 2 aromatic carbocycles. The molecule has 0 aromatic heterocycles. The first-order valence-electron chi connectivity index (χ1n) is 8.09. The summed E-state index contributed by atoms with van der Waals surface area (Å²) in [6, 6.07) is 18.0. The van der Waals surface area contributed by atoms with E-state index in [0.717, 1.165) is 11.1 Å². The van der Waals surface area contributed by atoms with Crippen LogP contribution in [0.1, 0.15) is 11.1 Å². The highest BCUT2D eigenvalue weighted by molar-refractivity contribution is 5.81. The van der Waals surface area contributed by atoms with Crippen LogP contribution in [-0.2, 0) is 41.4 Å². The van der Waals surface area contributed by atoms with Gasteiger partial charge in [0.2, 0.25) is 6.10 Å². The lowest BCUT2D eigenvalue weighted by atomic mass is 10.1. The monoisotopic (exact) mass is 356 g/mol. The van der Waals surface area contributed by atoms with Gasteiger partial charge in [0, 0.05) is 0 Å². The quantitative estimate of drug-likeness (QED) is 0.532. The molecule has 0 saturated heterocycles. The first-order valence-corrected chi connectivity index (χ1v) is 8.09. The van der Waals surface area contributed by atoms with Crippen molar-refractivity contribution in [1.29, 1.82) is 0 Å². The molecule has 6 nitrogen and oxygen atoms in total. The van der Waals surface area contributed by atoms with E-state index in [1.54, 1.807) is 36.4 Å². The largest absolute Gasteiger partial charge is 0.466 e. The maximum absolute atomic E-state index is 12.0. The summed E-state index contributed by atoms with van der Waals surface area (Å²) in [5, 5.41) is 0. The van der Waals surface area contributed by atoms with Crippen molar-refractivity contribution in [1.82, 2.24) is 0 Å². The van der Waals surface area contributed by atoms with Gasteiger partial charge in [-0.1, -0.05) is 60.7 Å². The zero-order valence-electron chi connectivity index (χ0n) is 14.4. The summed E-state index contributed by atoms with van der Waals surface area (Å²) in [7, 11) is 1.17. The molecule has 0 radical (unpaired) electrons. The van der Waals surface area contributed by atoms with Crippen LogP contribution in [0.5, 0.6) is 0 Å². The van der Waals surface area contributed by atoms with E-state index in [4.69, 9.17) is 9.47 Å². The summed E-state index contributed by atoms with van der Waals surface area (Å²) in [6.07, 6.45) is -1.23. The molecule has 0 bridgehead atoms. The molecule has 0 heterocycles. The van der Waals surface area contributed by atoms with E-state index in [0.29, 0.717) is 0 Å². The van der Waals surface area contributed by atoms with Gasteiger partial charge in [0.15, 0.2) is 0 Å². The van der Waals surface area contributed by atoms with Crippen molar-refractivity contribution in [3.8, 4) is 0 Å². The molecule has 0 amide bonds. The highest BCUT2D eigenvalue weighted by Gasteiger charge is 2.25. The van der Waals surface area contributed by atoms with Crippen molar-refractivity contribution in [2.45, 2.75) is 18.9 Å². The van der Waals surface area contributed by atoms with Crippen molar-refractivity contribution in [2.24, 2.45) is 0 Å². The highest BCUT2D eigenvalue weighted by Crippen LogP contribution is 2.06. The van der Waals surface area contributed by atoms with Gasteiger partial charge in [-0.2, -0.15) is 0 Å². The third-order valence-electron chi connectivity index (χ3n) is 3.52. The molecule has 6 heteroatoms. The molecule has 136 valence electrons. The number of methoxy groups -OCH3 is 1. The molecule has 0 saturated carbocycles. The van der Waals surface area contributed by atoms with E-state index in [9.17, 15) is 14.4 Å². The minimum absolute atomic E-state index is 0.00625. The van der Waals surface area contributed by atoms with Crippen molar-refractivity contribution in [2.75, 3.05) is 13.7 Å². The van der Waals surface area contributed by atoms with Gasteiger partial charge in [0.1, 0.15) is 6.61 Å². The summed E-state index contributed by atoms with van der Waals surface area (Å²) in [4.78, 5) is 35.7. The summed E-state index contributed by atoms with van der Waals surface area (Å²) in [5.74, 6) is -1.91. The van der Waals surface area contributed by atoms with Crippen LogP contribution in [-0.4, -0.2) is 37.7 Å². The summed E-state index contributed by atoms with van der Waals surface area (Å²) < 4.78 is 14.8. The second-order valence-corrected chi connectivity index (χ2v) is 5.51. The van der Waals surface area contributed by atoms with Gasteiger partial charge in [-0.15, -0.1) is 0 Å². The van der Waals surface area contributed by atoms with Gasteiger partial charge in [-0.3, -0.25) is 9.59 Å². The van der Waals surface area contributed by atoms with E-state index >= 15 is 0 Å². The van der Waals surface area contributed by atoms with E-state index in [1.165, 1.54) is 7.11 Å². The number of esters is 3. The maximum Gasteiger partial charge on any atom is 0.350 e. The molecule has 2 aromatic rings. The molecule has 26 heavy (non-hydrogen) atoms. The number of ether oxygens (including phenoxy) is 3. The Morgan fingerprint density at radius 1 is 0.808 bits per heavy atom. The molecule has 0 unspecified atom stereocenters. The topological polar surface area (TPSA) is 78.9 Å². The van der Waals surface area contributed by atoms with Crippen molar-refractivity contribution in [3.63, 3.8) is 0 Å². The Hall–Kier alpha value is -3.15. The molecule has 0 fully saturated rings. The number of carbonyl (C=O) groups is 3. The lowest BCUT2D eigenvalue weighted by molar-refractivity contribution is -0.172. The number of hydrogen-bond acceptors (Lipinski definition) is 6. The van der Waals surface area contributed by atoms with Crippen molar-refractivity contribution in [3.05, 3.63) is 71.8 Å². The van der Waals surface area contributed by atoms with Crippen molar-refractivity contribution >= 4 is 17.9 Å². The molecule has 0 N–H and O–H groups in total. The molecular weight excluding hydrogens is 336 g/mol. The van der Waals surface area contributed by atoms with E-state index in [2.05, 4.69) is 4.74 Å². The van der Waals surface area contributed by atoms with Gasteiger partial charge in [0.05, 0.1) is 20.0 Å². The molecule has 0 aliphatic heterocycles. The Kier molecular flexibility index (Phi) is 7.36. The zero-order valence-corrected chi connectivity index (χ0v) is 14.4. The summed E-state index contributed by atoms with van der Waals surface area (Å²) in [6.45, 7) is -0.390. The smallest absolute Gasteiger partial charge is 0.350 e. The predicted octanol–water partition coefficient (Wildman–Crippen LogP) is 2.10. The average Bonchev–Trinajstić information content (AvgIpc) is 2.66. The van der Waals surface area contributed by atoms with Crippen LogP contribution >= 0.6 is 0 Å². The second-order valence-electron chi connectivity index (χ2n) is 5.51. The molecule has 0 aliphatic rings. The number of rotatable bonds is 8. The number of hydrogen-bond donors (Lipinski definition) is 0. The van der Waals surface area contributed by atoms with Gasteiger partial charge >= 0.3 is 17.9 Å². The first-order chi connectivity index (χ1) is 12.6. The fourth-order valence-electron chi connectivity index (χ4n) is 2.23. The van der Waals surface area contributed by atoms with Crippen LogP contribution in [0.25, 0.3) is 0 Å². The standard InChI is InChI=1S/C20H20O6/c1-24-20(23)17(26-19(22)13-16-10-6-3-7-11-16)14-25-18(21)12-15-8-4-2-5-9-15/h2-11,17H,12-14H2,1H3/t17-/m1/s1. The summed E-state index contributed by atoms with van der Waals surface area (Å²) >= 11 is 0. The van der Waals surface area contributed by atoms with Crippen molar-refractivity contribution < 1.29 is 28.6 Å². The lowest BCUT2D eigenvalue weighted by Gasteiger charge is -2.16. The van der Waals surface area contributed by atoms with Gasteiger partial charge in [-0.05, 0) is 11.1 Å². The zero-order chi connectivity index (χ0) is 18.8. The number of carbonyl (C=O) groups excluding carboxylic acids is 3. The minimum Gasteiger partial charge on any atom is -0.466 e. The maximum atomic E-state index is 12.0. The normalized spacial score (nSPS) is 11.3. The van der Waals surface area contributed by atoms with Crippen LogP contribution in [0.15, 0.2) is 60.7 Å². The fraction of sp³-hybridized carbons (Fsp3) is 0.250. The van der Waals surface area contributed by atoms with E-state index in [1.807, 2.05) is 24.3 Å². The minimum atomic E-state index is -1.30. The van der Waals surface area contributed by atoms with Crippen LogP contribution < -0.4 is 0 Å². The Labute approximate surface area is 151 Å². The first kappa shape index (κ1) is 19.2. The fourth-order valence-corrected chi connectivity index (χ4v) is 2.23. The third-order valence-corrected chi connectivity index (χ3v) is 3.52. The Morgan fingerprint density at radius 3 is 1.81 bits per heavy atom. The average molecular weight is 356 g/mol. The summed E-state index contributed by atoms with van der Waals surface area (Å²) in [5.41, 5.74) is 1.54. The predicted molar refractivity (Wildman–Crippen MR) is 93.1 cm³/mol. The lowest BCUT2D eigenvalue weighted by Crippen LogP contribution is -2.34. The third kappa shape index (κ3) is 6.39. The van der Waals surface area contributed by atoms with E-state index < -0.39 is 30.6 Å². The second kappa shape index (κ2) is 9.98. The number of benzene rings is 2. The van der Waals surface area contributed by atoms with Gasteiger partial charge < -0.3 is 14.2 Å². The van der Waals surface area contributed by atoms with E-state index in [-0.39, 0.29) is 12.8 Å². The Morgan fingerprint density at radius 2 is 1.31 bits per heavy atom. The molecule has 1 atom stereocenters. The van der Waals surface area contributed by atoms with Crippen LogP contribution in [0, 0.1) is 0 Å². The van der Waals surface area contributed by atoms with Crippen LogP contribution in [0.2, 0.25) is 0 Å². The molecule has 2 rings (SSSR count). The van der Waals surface area contributed by atoms with Gasteiger partial charge in [-0.25, -0.2) is 4.79 Å². The van der Waals surface area contributed by atoms with Gasteiger partial charge in [0.25, 0.3) is 0 Å². The molecule has 0 aliphatic carbocycles. The SMILES string of the molecule is COC(=O)[C@@H](COC(=O)Cc1ccccc1)OC(=O)Cc1ccccc1. The Bertz CT molecular complexity index is 726. The van der Waals surface area contributed by atoms with Crippen LogP contribution in [0.4, 0.5) is 0 Å². The molecule has 0 spiro atoms. The highest BCUT2D eigenvalue weighted by atomic mass is 16.6. The molecular formula is C20H20O6. The Balaban J connectivity index is 1.87.